The number of nitrogens with zero attached hydrogens (tertiary/aromatic N) is 7. The number of aromatic nitrogens is 6. The Kier molecular flexibility index (Phi) is 7.75. The van der Waals surface area contributed by atoms with Gasteiger partial charge in [-0.1, -0.05) is 22.9 Å². The maximum Gasteiger partial charge on any atom is 0.218 e. The fourth-order valence-electron chi connectivity index (χ4n) is 5.32. The summed E-state index contributed by atoms with van der Waals surface area (Å²) in [5, 5.41) is 15.7. The standard InChI is InChI=1S/C31H29ClN8O3S/c1-41-21-8-6-20(25(14-21)42-2)15-33-29-28-23(32)16-40(30(28)35-18-34-29)31-38-37-27(44-31)17-43-22-9-5-19-7-10-26(36-24(19)13-22)39-11-3-4-12-39/h5-10,13-14,16,18H,3-4,11-12,15,17H2,1-2H3,(H,33,34,35). The van der Waals surface area contributed by atoms with Crippen molar-refractivity contribution in [2.24, 2.45) is 0 Å². The molecule has 7 rings (SSSR count). The van der Waals surface area contributed by atoms with Crippen LogP contribution in [0, 0.1) is 0 Å². The molecule has 224 valence electrons. The largest absolute Gasteiger partial charge is 0.497 e. The van der Waals surface area contributed by atoms with E-state index in [1.165, 1.54) is 30.5 Å². The number of nitrogens with one attached hydrogen (secondary N) is 1. The molecule has 6 aromatic rings. The molecule has 11 nitrogen and oxygen atoms in total. The number of fused-ring (bicyclic) bond motifs is 2. The number of ether oxygens (including phenoxy) is 3. The van der Waals surface area contributed by atoms with Crippen LogP contribution in [0.25, 0.3) is 27.1 Å². The quantitative estimate of drug-likeness (QED) is 0.186. The third-order valence-electron chi connectivity index (χ3n) is 7.58. The molecular weight excluding hydrogens is 600 g/mol. The highest BCUT2D eigenvalue weighted by Crippen LogP contribution is 2.34. The number of pyridine rings is 1. The first-order chi connectivity index (χ1) is 21.6. The van der Waals surface area contributed by atoms with Crippen molar-refractivity contribution in [3.63, 3.8) is 0 Å². The van der Waals surface area contributed by atoms with E-state index in [1.807, 2.05) is 41.0 Å². The number of anilines is 2. The van der Waals surface area contributed by atoms with Crippen molar-refractivity contribution in [3.05, 3.63) is 76.6 Å². The minimum absolute atomic E-state index is 0.271. The van der Waals surface area contributed by atoms with Gasteiger partial charge in [0.15, 0.2) is 10.7 Å². The van der Waals surface area contributed by atoms with Crippen LogP contribution in [0.4, 0.5) is 11.6 Å². The molecule has 5 heterocycles. The van der Waals surface area contributed by atoms with E-state index in [0.717, 1.165) is 51.9 Å². The molecule has 0 atom stereocenters. The fourth-order valence-corrected chi connectivity index (χ4v) is 6.32. The predicted molar refractivity (Wildman–Crippen MR) is 172 cm³/mol. The van der Waals surface area contributed by atoms with Gasteiger partial charge in [0, 0.05) is 48.9 Å². The Balaban J connectivity index is 1.07. The van der Waals surface area contributed by atoms with Gasteiger partial charge in [0.1, 0.15) is 41.8 Å². The van der Waals surface area contributed by atoms with Gasteiger partial charge in [-0.3, -0.25) is 4.57 Å². The zero-order chi connectivity index (χ0) is 30.0. The second-order valence-electron chi connectivity index (χ2n) is 10.3. The maximum absolute atomic E-state index is 6.70. The lowest BCUT2D eigenvalue weighted by atomic mass is 10.2. The van der Waals surface area contributed by atoms with Crippen molar-refractivity contribution in [2.45, 2.75) is 26.0 Å². The third kappa shape index (κ3) is 5.53. The molecule has 1 saturated heterocycles. The Morgan fingerprint density at radius 1 is 0.955 bits per heavy atom. The van der Waals surface area contributed by atoms with Crippen molar-refractivity contribution < 1.29 is 14.2 Å². The van der Waals surface area contributed by atoms with E-state index in [2.05, 4.69) is 42.5 Å². The zero-order valence-corrected chi connectivity index (χ0v) is 25.7. The van der Waals surface area contributed by atoms with Crippen molar-refractivity contribution in [3.8, 4) is 22.4 Å². The smallest absolute Gasteiger partial charge is 0.218 e. The minimum atomic E-state index is 0.271. The first kappa shape index (κ1) is 28.1. The monoisotopic (exact) mass is 628 g/mol. The number of methoxy groups -OCH3 is 2. The van der Waals surface area contributed by atoms with Crippen LogP contribution in [0.5, 0.6) is 17.2 Å². The summed E-state index contributed by atoms with van der Waals surface area (Å²) in [6.45, 7) is 2.84. The molecule has 0 amide bonds. The van der Waals surface area contributed by atoms with E-state index >= 15 is 0 Å². The van der Waals surface area contributed by atoms with Gasteiger partial charge < -0.3 is 24.4 Å². The molecule has 1 aliphatic rings. The van der Waals surface area contributed by atoms with Crippen LogP contribution in [0.15, 0.2) is 61.1 Å². The number of benzene rings is 2. The molecule has 13 heteroatoms. The zero-order valence-electron chi connectivity index (χ0n) is 24.2. The topological polar surface area (TPSA) is 112 Å². The Bertz CT molecular complexity index is 1960. The van der Waals surface area contributed by atoms with Gasteiger partial charge in [-0.15, -0.1) is 10.2 Å². The lowest BCUT2D eigenvalue weighted by Crippen LogP contribution is -2.18. The van der Waals surface area contributed by atoms with E-state index in [-0.39, 0.29) is 6.61 Å². The summed E-state index contributed by atoms with van der Waals surface area (Å²) in [4.78, 5) is 16.2. The van der Waals surface area contributed by atoms with Crippen LogP contribution >= 0.6 is 22.9 Å². The number of halogens is 1. The SMILES string of the molecule is COc1ccc(CNc2ncnc3c2c(Cl)cn3-c2nnc(COc3ccc4ccc(N5CCCC5)nc4c3)s2)c(OC)c1. The number of hydrogen-bond acceptors (Lipinski definition) is 11. The summed E-state index contributed by atoms with van der Waals surface area (Å²) in [6.07, 6.45) is 5.70. The van der Waals surface area contributed by atoms with Gasteiger partial charge in [-0.2, -0.15) is 0 Å². The van der Waals surface area contributed by atoms with Crippen LogP contribution in [-0.4, -0.2) is 57.0 Å². The summed E-state index contributed by atoms with van der Waals surface area (Å²) in [5.74, 6) is 3.77. The number of rotatable bonds is 10. The molecule has 0 aliphatic carbocycles. The second kappa shape index (κ2) is 12.1. The second-order valence-corrected chi connectivity index (χ2v) is 11.7. The highest BCUT2D eigenvalue weighted by atomic mass is 35.5. The molecule has 0 spiro atoms. The molecule has 1 fully saturated rings. The molecule has 1 N–H and O–H groups in total. The van der Waals surface area contributed by atoms with Crippen LogP contribution in [0.3, 0.4) is 0 Å². The lowest BCUT2D eigenvalue weighted by molar-refractivity contribution is 0.305. The summed E-state index contributed by atoms with van der Waals surface area (Å²) >= 11 is 8.11. The average molecular weight is 629 g/mol. The summed E-state index contributed by atoms with van der Waals surface area (Å²) in [7, 11) is 3.25. The third-order valence-corrected chi connectivity index (χ3v) is 8.76. The Hall–Kier alpha value is -4.68. The van der Waals surface area contributed by atoms with Gasteiger partial charge in [0.2, 0.25) is 5.13 Å². The lowest BCUT2D eigenvalue weighted by Gasteiger charge is -2.16. The summed E-state index contributed by atoms with van der Waals surface area (Å²) in [5.41, 5.74) is 2.47. The Morgan fingerprint density at radius 3 is 2.64 bits per heavy atom. The van der Waals surface area contributed by atoms with Crippen LogP contribution in [-0.2, 0) is 13.2 Å². The minimum Gasteiger partial charge on any atom is -0.497 e. The van der Waals surface area contributed by atoms with Crippen molar-refractivity contribution in [2.75, 3.05) is 37.5 Å². The number of hydrogen-bond donors (Lipinski definition) is 1. The molecule has 1 aliphatic heterocycles. The molecule has 0 unspecified atom stereocenters. The molecule has 0 saturated carbocycles. The predicted octanol–water partition coefficient (Wildman–Crippen LogP) is 6.28. The summed E-state index contributed by atoms with van der Waals surface area (Å²) in [6, 6.07) is 15.8. The van der Waals surface area contributed by atoms with Gasteiger partial charge >= 0.3 is 0 Å². The van der Waals surface area contributed by atoms with E-state index in [1.54, 1.807) is 20.4 Å². The Labute approximate surface area is 262 Å². The summed E-state index contributed by atoms with van der Waals surface area (Å²) < 4.78 is 18.8. The molecule has 4 aromatic heterocycles. The molecule has 44 heavy (non-hydrogen) atoms. The first-order valence-electron chi connectivity index (χ1n) is 14.2. The van der Waals surface area contributed by atoms with Gasteiger partial charge in [-0.25, -0.2) is 15.0 Å². The molecule has 0 radical (unpaired) electrons. The van der Waals surface area contributed by atoms with E-state index in [0.29, 0.717) is 39.3 Å². The normalized spacial score (nSPS) is 13.1. The first-order valence-corrected chi connectivity index (χ1v) is 15.4. The van der Waals surface area contributed by atoms with Gasteiger partial charge in [-0.05, 0) is 49.2 Å². The molecular formula is C31H29ClN8O3S. The van der Waals surface area contributed by atoms with Crippen molar-refractivity contribution in [1.29, 1.82) is 0 Å². The van der Waals surface area contributed by atoms with Crippen LogP contribution in [0.1, 0.15) is 23.4 Å². The van der Waals surface area contributed by atoms with Crippen LogP contribution < -0.4 is 24.4 Å². The van der Waals surface area contributed by atoms with E-state index in [4.69, 9.17) is 30.8 Å². The average Bonchev–Trinajstić information content (AvgIpc) is 3.83. The highest BCUT2D eigenvalue weighted by Gasteiger charge is 2.19. The highest BCUT2D eigenvalue weighted by molar-refractivity contribution is 7.13. The van der Waals surface area contributed by atoms with Crippen molar-refractivity contribution in [1.82, 2.24) is 29.7 Å². The fraction of sp³-hybridized carbons (Fsp3) is 0.258. The van der Waals surface area contributed by atoms with Crippen molar-refractivity contribution >= 4 is 56.5 Å². The van der Waals surface area contributed by atoms with Crippen LogP contribution in [0.2, 0.25) is 5.02 Å². The molecule has 2 aromatic carbocycles. The Morgan fingerprint density at radius 2 is 1.80 bits per heavy atom. The van der Waals surface area contributed by atoms with Gasteiger partial charge in [0.05, 0.1) is 30.1 Å². The molecule has 0 bridgehead atoms. The van der Waals surface area contributed by atoms with E-state index in [9.17, 15) is 0 Å². The van der Waals surface area contributed by atoms with Gasteiger partial charge in [0.25, 0.3) is 0 Å². The maximum atomic E-state index is 6.70. The van der Waals surface area contributed by atoms with E-state index < -0.39 is 0 Å².